The molecule has 2 aromatic rings. The molecule has 0 saturated heterocycles. The number of benzene rings is 1. The van der Waals surface area contributed by atoms with Crippen molar-refractivity contribution in [1.82, 2.24) is 14.8 Å². The third kappa shape index (κ3) is 5.00. The van der Waals surface area contributed by atoms with E-state index in [-0.39, 0.29) is 5.91 Å². The number of amides is 1. The number of halogens is 3. The van der Waals surface area contributed by atoms with Crippen LogP contribution in [0.3, 0.4) is 0 Å². The summed E-state index contributed by atoms with van der Waals surface area (Å²) in [5.74, 6) is -0.235. The van der Waals surface area contributed by atoms with Crippen LogP contribution in [0.4, 0.5) is 5.69 Å². The van der Waals surface area contributed by atoms with Crippen molar-refractivity contribution < 1.29 is 9.53 Å². The fourth-order valence-electron chi connectivity index (χ4n) is 1.74. The minimum Gasteiger partial charge on any atom is -0.383 e. The third-order valence-corrected chi connectivity index (χ3v) is 5.17. The van der Waals surface area contributed by atoms with E-state index in [0.717, 1.165) is 0 Å². The summed E-state index contributed by atoms with van der Waals surface area (Å²) in [5, 5.41) is 11.8. The lowest BCUT2D eigenvalue weighted by Crippen LogP contribution is -2.23. The Morgan fingerprint density at radius 3 is 2.75 bits per heavy atom. The molecule has 24 heavy (non-hydrogen) atoms. The van der Waals surface area contributed by atoms with Crippen molar-refractivity contribution in [2.24, 2.45) is 0 Å². The van der Waals surface area contributed by atoms with Crippen LogP contribution in [0, 0.1) is 0 Å². The minimum absolute atomic E-state index is 0.235. The van der Waals surface area contributed by atoms with Gasteiger partial charge < -0.3 is 14.6 Å². The van der Waals surface area contributed by atoms with Crippen LogP contribution in [-0.2, 0) is 16.1 Å². The van der Waals surface area contributed by atoms with Crippen LogP contribution < -0.4 is 5.32 Å². The van der Waals surface area contributed by atoms with Crippen LogP contribution in [0.25, 0.3) is 0 Å². The van der Waals surface area contributed by atoms with E-state index in [1.807, 2.05) is 4.57 Å². The number of ether oxygens (including phenoxy) is 1. The highest BCUT2D eigenvalue weighted by atomic mass is 35.5. The summed E-state index contributed by atoms with van der Waals surface area (Å²) in [7, 11) is 1.62. The first-order valence-corrected chi connectivity index (χ1v) is 8.92. The molecule has 1 aromatic heterocycles. The number of nitrogens with zero attached hydrogens (tertiary/aromatic N) is 3. The molecule has 0 bridgehead atoms. The minimum atomic E-state index is -0.416. The highest BCUT2D eigenvalue weighted by Crippen LogP contribution is 2.33. The lowest BCUT2D eigenvalue weighted by Gasteiger charge is -2.13. The first-order chi connectivity index (χ1) is 11.4. The fraction of sp³-hybridized carbons (Fsp3) is 0.357. The molecule has 1 N–H and O–H groups in total. The van der Waals surface area contributed by atoms with Crippen molar-refractivity contribution in [1.29, 1.82) is 0 Å². The highest BCUT2D eigenvalue weighted by Gasteiger charge is 2.19. The predicted molar refractivity (Wildman–Crippen MR) is 97.3 cm³/mol. The van der Waals surface area contributed by atoms with E-state index in [2.05, 4.69) is 15.5 Å². The number of hydrogen-bond donors (Lipinski definition) is 1. The van der Waals surface area contributed by atoms with Crippen molar-refractivity contribution in [3.63, 3.8) is 0 Å². The summed E-state index contributed by atoms with van der Waals surface area (Å²) in [6.07, 6.45) is 1.60. The van der Waals surface area contributed by atoms with Gasteiger partial charge in [-0.2, -0.15) is 0 Å². The zero-order chi connectivity index (χ0) is 17.7. The Bertz CT molecular complexity index is 726. The van der Waals surface area contributed by atoms with E-state index in [1.165, 1.54) is 23.9 Å². The SMILES string of the molecule is COCCn1cnnc1SC(C)C(=O)Nc1cc(Cl)c(Cl)cc1Cl. The molecule has 1 unspecified atom stereocenters. The molecule has 0 spiro atoms. The second-order valence-corrected chi connectivity index (χ2v) is 7.32. The summed E-state index contributed by atoms with van der Waals surface area (Å²) >= 11 is 19.2. The largest absolute Gasteiger partial charge is 0.383 e. The van der Waals surface area contributed by atoms with E-state index >= 15 is 0 Å². The molecule has 0 aliphatic rings. The molecular formula is C14H15Cl3N4O2S. The maximum atomic E-state index is 12.4. The van der Waals surface area contributed by atoms with Gasteiger partial charge in [-0.3, -0.25) is 4.79 Å². The lowest BCUT2D eigenvalue weighted by molar-refractivity contribution is -0.115. The van der Waals surface area contributed by atoms with Gasteiger partial charge in [0.1, 0.15) is 6.33 Å². The van der Waals surface area contributed by atoms with Gasteiger partial charge in [0.25, 0.3) is 0 Å². The second-order valence-electron chi connectivity index (χ2n) is 4.80. The van der Waals surface area contributed by atoms with Crippen LogP contribution in [-0.4, -0.2) is 39.6 Å². The Balaban J connectivity index is 2.03. The van der Waals surface area contributed by atoms with E-state index in [0.29, 0.717) is 39.1 Å². The van der Waals surface area contributed by atoms with Gasteiger partial charge in [-0.25, -0.2) is 0 Å². The van der Waals surface area contributed by atoms with Gasteiger partial charge in [-0.1, -0.05) is 46.6 Å². The van der Waals surface area contributed by atoms with Gasteiger partial charge >= 0.3 is 0 Å². The topological polar surface area (TPSA) is 69.0 Å². The van der Waals surface area contributed by atoms with Crippen LogP contribution in [0.15, 0.2) is 23.6 Å². The molecule has 0 fully saturated rings. The van der Waals surface area contributed by atoms with Crippen LogP contribution in [0.1, 0.15) is 6.92 Å². The van der Waals surface area contributed by atoms with Gasteiger partial charge in [0.05, 0.1) is 32.6 Å². The molecule has 0 aliphatic heterocycles. The maximum absolute atomic E-state index is 12.4. The lowest BCUT2D eigenvalue weighted by atomic mass is 10.3. The normalized spacial score (nSPS) is 12.2. The average molecular weight is 410 g/mol. The number of carbonyl (C=O) groups excluding carboxylic acids is 1. The van der Waals surface area contributed by atoms with Crippen molar-refractivity contribution in [2.75, 3.05) is 19.0 Å². The van der Waals surface area contributed by atoms with Gasteiger partial charge in [0, 0.05) is 13.7 Å². The summed E-state index contributed by atoms with van der Waals surface area (Å²) < 4.78 is 6.86. The summed E-state index contributed by atoms with van der Waals surface area (Å²) in [6.45, 7) is 2.91. The molecule has 0 radical (unpaired) electrons. The van der Waals surface area contributed by atoms with Gasteiger partial charge in [0.2, 0.25) is 5.91 Å². The van der Waals surface area contributed by atoms with Crippen molar-refractivity contribution >= 4 is 58.2 Å². The Hall–Kier alpha value is -0.990. The van der Waals surface area contributed by atoms with E-state index < -0.39 is 5.25 Å². The summed E-state index contributed by atoms with van der Waals surface area (Å²) in [6, 6.07) is 3.00. The Morgan fingerprint density at radius 1 is 1.33 bits per heavy atom. The molecule has 6 nitrogen and oxygen atoms in total. The van der Waals surface area contributed by atoms with Crippen molar-refractivity contribution in [2.45, 2.75) is 23.9 Å². The molecule has 2 rings (SSSR count). The number of hydrogen-bond acceptors (Lipinski definition) is 5. The number of methoxy groups -OCH3 is 1. The monoisotopic (exact) mass is 408 g/mol. The molecule has 10 heteroatoms. The number of aromatic nitrogens is 3. The van der Waals surface area contributed by atoms with Crippen molar-refractivity contribution in [3.05, 3.63) is 33.5 Å². The molecule has 1 amide bonds. The third-order valence-electron chi connectivity index (χ3n) is 3.04. The van der Waals surface area contributed by atoms with Gasteiger partial charge in [0.15, 0.2) is 5.16 Å². The maximum Gasteiger partial charge on any atom is 0.237 e. The standard InChI is InChI=1S/C14H15Cl3N4O2S/c1-8(24-14-20-18-7-21(14)3-4-23-2)13(22)19-12-6-10(16)9(15)5-11(12)17/h5-8H,3-4H2,1-2H3,(H,19,22). The molecule has 0 aliphatic carbocycles. The number of anilines is 1. The Labute approximate surface area is 158 Å². The number of rotatable bonds is 7. The predicted octanol–water partition coefficient (Wildman–Crippen LogP) is 4.00. The zero-order valence-corrected chi connectivity index (χ0v) is 16.0. The molecule has 1 atom stereocenters. The van der Waals surface area contributed by atoms with E-state index in [4.69, 9.17) is 39.5 Å². The zero-order valence-electron chi connectivity index (χ0n) is 12.9. The van der Waals surface area contributed by atoms with E-state index in [1.54, 1.807) is 20.4 Å². The number of nitrogens with one attached hydrogen (secondary N) is 1. The molecular weight excluding hydrogens is 395 g/mol. The smallest absolute Gasteiger partial charge is 0.237 e. The van der Waals surface area contributed by atoms with E-state index in [9.17, 15) is 4.79 Å². The Morgan fingerprint density at radius 2 is 2.04 bits per heavy atom. The molecule has 1 aromatic carbocycles. The molecule has 130 valence electrons. The summed E-state index contributed by atoms with van der Waals surface area (Å²) in [5.41, 5.74) is 0.407. The second kappa shape index (κ2) is 8.92. The molecule has 0 saturated carbocycles. The summed E-state index contributed by atoms with van der Waals surface area (Å²) in [4.78, 5) is 12.4. The number of thioether (sulfide) groups is 1. The van der Waals surface area contributed by atoms with Crippen LogP contribution >= 0.6 is 46.6 Å². The first-order valence-electron chi connectivity index (χ1n) is 6.91. The number of carbonyl (C=O) groups is 1. The van der Waals surface area contributed by atoms with Gasteiger partial charge in [-0.05, 0) is 19.1 Å². The molecule has 1 heterocycles. The van der Waals surface area contributed by atoms with Crippen LogP contribution in [0.2, 0.25) is 15.1 Å². The van der Waals surface area contributed by atoms with Crippen molar-refractivity contribution in [3.8, 4) is 0 Å². The van der Waals surface area contributed by atoms with Crippen LogP contribution in [0.5, 0.6) is 0 Å². The first kappa shape index (κ1) is 19.3. The van der Waals surface area contributed by atoms with Gasteiger partial charge in [-0.15, -0.1) is 10.2 Å². The quantitative estimate of drug-likeness (QED) is 0.553. The fourth-order valence-corrected chi connectivity index (χ4v) is 3.19. The highest BCUT2D eigenvalue weighted by molar-refractivity contribution is 8.00. The Kier molecular flexibility index (Phi) is 7.18. The average Bonchev–Trinajstić information content (AvgIpc) is 2.97.